The minimum Gasteiger partial charge on any atom is -0.506 e. The van der Waals surface area contributed by atoms with E-state index in [0.29, 0.717) is 5.69 Å². The number of rotatable bonds is 10. The van der Waals surface area contributed by atoms with Gasteiger partial charge >= 0.3 is 0 Å². The van der Waals surface area contributed by atoms with Crippen molar-refractivity contribution < 1.29 is 9.84 Å². The van der Waals surface area contributed by atoms with Gasteiger partial charge in [0.05, 0.1) is 7.11 Å². The molecule has 0 radical (unpaired) electrons. The Balaban J connectivity index is 1.61. The molecule has 0 saturated carbocycles. The molecule has 0 spiro atoms. The molecule has 1 N–H and O–H groups in total. The summed E-state index contributed by atoms with van der Waals surface area (Å²) in [5.41, 5.74) is 3.25. The zero-order valence-electron chi connectivity index (χ0n) is 16.3. The topological polar surface area (TPSA) is 60.2 Å². The van der Waals surface area contributed by atoms with E-state index < -0.39 is 0 Å². The Morgan fingerprint density at radius 2 is 1.63 bits per heavy atom. The first kappa shape index (κ1) is 19.2. The quantitative estimate of drug-likeness (QED) is 0.486. The van der Waals surface area contributed by atoms with Crippen LogP contribution in [0.25, 0.3) is 16.7 Å². The van der Waals surface area contributed by atoms with Crippen molar-refractivity contribution in [2.75, 3.05) is 7.11 Å². The molecule has 0 aliphatic carbocycles. The van der Waals surface area contributed by atoms with Crippen LogP contribution in [0.1, 0.15) is 57.4 Å². The number of methoxy groups -OCH3 is 1. The highest BCUT2D eigenvalue weighted by Gasteiger charge is 2.10. The van der Waals surface area contributed by atoms with E-state index in [0.717, 1.165) is 35.2 Å². The Kier molecular flexibility index (Phi) is 6.69. The van der Waals surface area contributed by atoms with Gasteiger partial charge in [0.1, 0.15) is 28.2 Å². The predicted molar refractivity (Wildman–Crippen MR) is 109 cm³/mol. The summed E-state index contributed by atoms with van der Waals surface area (Å²) < 4.78 is 5.22. The average molecular weight is 367 g/mol. The van der Waals surface area contributed by atoms with Crippen LogP contribution in [0.3, 0.4) is 0 Å². The first-order valence-corrected chi connectivity index (χ1v) is 9.94. The summed E-state index contributed by atoms with van der Waals surface area (Å²) in [4.78, 5) is 1.48. The number of unbranched alkanes of at least 4 members (excludes halogenated alkanes) is 6. The lowest BCUT2D eigenvalue weighted by Gasteiger charge is -2.07. The summed E-state index contributed by atoms with van der Waals surface area (Å²) in [6.07, 6.45) is 10.0. The number of hydrogen-bond donors (Lipinski definition) is 1. The molecule has 5 heteroatoms. The third-order valence-corrected chi connectivity index (χ3v) is 4.91. The van der Waals surface area contributed by atoms with Gasteiger partial charge in [-0.15, -0.1) is 15.0 Å². The molecule has 1 heterocycles. The van der Waals surface area contributed by atoms with Gasteiger partial charge in [0, 0.05) is 6.07 Å². The Bertz CT molecular complexity index is 873. The molecule has 0 unspecified atom stereocenters. The van der Waals surface area contributed by atoms with Crippen molar-refractivity contribution in [2.45, 2.75) is 58.3 Å². The molecule has 0 bridgehead atoms. The van der Waals surface area contributed by atoms with Crippen LogP contribution in [0.2, 0.25) is 0 Å². The first-order chi connectivity index (χ1) is 13.2. The van der Waals surface area contributed by atoms with Gasteiger partial charge in [-0.05, 0) is 42.7 Å². The number of hydrogen-bond acceptors (Lipinski definition) is 4. The van der Waals surface area contributed by atoms with E-state index in [9.17, 15) is 5.11 Å². The molecule has 5 nitrogen and oxygen atoms in total. The van der Waals surface area contributed by atoms with Crippen LogP contribution in [0.5, 0.6) is 11.5 Å². The van der Waals surface area contributed by atoms with Gasteiger partial charge in [-0.25, -0.2) is 0 Å². The number of fused-ring (bicyclic) bond motifs is 1. The largest absolute Gasteiger partial charge is 0.506 e. The van der Waals surface area contributed by atoms with E-state index in [1.54, 1.807) is 7.11 Å². The molecule has 0 aliphatic heterocycles. The second kappa shape index (κ2) is 9.40. The fourth-order valence-corrected chi connectivity index (χ4v) is 3.31. The summed E-state index contributed by atoms with van der Waals surface area (Å²) in [6, 6.07) is 11.3. The summed E-state index contributed by atoms with van der Waals surface area (Å²) in [5.74, 6) is 0.950. The van der Waals surface area contributed by atoms with E-state index >= 15 is 0 Å². The molecular weight excluding hydrogens is 338 g/mol. The minimum atomic E-state index is 0.211. The van der Waals surface area contributed by atoms with Crippen LogP contribution in [-0.4, -0.2) is 27.2 Å². The number of ether oxygens (including phenoxy) is 1. The van der Waals surface area contributed by atoms with Crippen molar-refractivity contribution in [2.24, 2.45) is 0 Å². The van der Waals surface area contributed by atoms with Crippen molar-refractivity contribution >= 4 is 11.0 Å². The number of phenols is 1. The van der Waals surface area contributed by atoms with Crippen LogP contribution in [0.15, 0.2) is 36.4 Å². The third-order valence-electron chi connectivity index (χ3n) is 4.91. The highest BCUT2D eigenvalue weighted by molar-refractivity contribution is 5.75. The van der Waals surface area contributed by atoms with Gasteiger partial charge in [0.15, 0.2) is 0 Å². The van der Waals surface area contributed by atoms with Gasteiger partial charge in [-0.1, -0.05) is 51.5 Å². The Hall–Kier alpha value is -2.56. The van der Waals surface area contributed by atoms with Crippen molar-refractivity contribution in [1.29, 1.82) is 0 Å². The Morgan fingerprint density at radius 1 is 0.889 bits per heavy atom. The molecule has 0 atom stereocenters. The maximum Gasteiger partial charge on any atom is 0.143 e. The molecular formula is C22H29N3O2. The molecule has 0 amide bonds. The third kappa shape index (κ3) is 5.00. The van der Waals surface area contributed by atoms with Crippen LogP contribution >= 0.6 is 0 Å². The Morgan fingerprint density at radius 3 is 2.37 bits per heavy atom. The number of aromatic hydroxyl groups is 1. The molecule has 0 saturated heterocycles. The number of benzene rings is 2. The van der Waals surface area contributed by atoms with Gasteiger partial charge in [0.25, 0.3) is 0 Å². The van der Waals surface area contributed by atoms with Gasteiger partial charge < -0.3 is 9.84 Å². The van der Waals surface area contributed by atoms with Gasteiger partial charge in [-0.2, -0.15) is 0 Å². The van der Waals surface area contributed by atoms with Crippen molar-refractivity contribution in [3.05, 3.63) is 42.0 Å². The molecule has 0 fully saturated rings. The van der Waals surface area contributed by atoms with E-state index in [1.807, 2.05) is 30.3 Å². The molecule has 3 rings (SSSR count). The summed E-state index contributed by atoms with van der Waals surface area (Å²) in [7, 11) is 1.63. The van der Waals surface area contributed by atoms with Crippen molar-refractivity contribution in [3.63, 3.8) is 0 Å². The highest BCUT2D eigenvalue weighted by atomic mass is 16.5. The first-order valence-electron chi connectivity index (χ1n) is 9.94. The molecule has 1 aromatic heterocycles. The summed E-state index contributed by atoms with van der Waals surface area (Å²) >= 11 is 0. The molecule has 27 heavy (non-hydrogen) atoms. The summed E-state index contributed by atoms with van der Waals surface area (Å²) in [6.45, 7) is 2.24. The number of aryl methyl sites for hydroxylation is 1. The molecule has 0 aliphatic rings. The number of nitrogens with zero attached hydrogens (tertiary/aromatic N) is 3. The highest BCUT2D eigenvalue weighted by Crippen LogP contribution is 2.25. The SMILES string of the molecule is CCCCCCCCCc1ccc(-n2nc3ccc(OC)cc3n2)c(O)c1. The second-order valence-corrected chi connectivity index (χ2v) is 7.04. The zero-order chi connectivity index (χ0) is 19.1. The van der Waals surface area contributed by atoms with Crippen molar-refractivity contribution in [1.82, 2.24) is 15.0 Å². The monoisotopic (exact) mass is 367 g/mol. The summed E-state index contributed by atoms with van der Waals surface area (Å²) in [5, 5.41) is 19.4. The average Bonchev–Trinajstić information content (AvgIpc) is 3.10. The maximum absolute atomic E-state index is 10.4. The Labute approximate surface area is 161 Å². The van der Waals surface area contributed by atoms with E-state index in [4.69, 9.17) is 4.74 Å². The fraction of sp³-hybridized carbons (Fsp3) is 0.455. The van der Waals surface area contributed by atoms with Crippen molar-refractivity contribution in [3.8, 4) is 17.2 Å². The van der Waals surface area contributed by atoms with E-state index in [2.05, 4.69) is 23.2 Å². The van der Waals surface area contributed by atoms with Crippen LogP contribution in [-0.2, 0) is 6.42 Å². The number of phenolic OH excluding ortho intramolecular Hbond substituents is 1. The smallest absolute Gasteiger partial charge is 0.143 e. The fourth-order valence-electron chi connectivity index (χ4n) is 3.31. The standard InChI is InChI=1S/C22H29N3O2/c1-3-4-5-6-7-8-9-10-17-11-14-21(22(26)15-17)25-23-19-13-12-18(27-2)16-20(19)24-25/h11-16,26H,3-10H2,1-2H3. The second-order valence-electron chi connectivity index (χ2n) is 7.04. The predicted octanol–water partition coefficient (Wildman–Crippen LogP) is 5.43. The lowest BCUT2D eigenvalue weighted by Crippen LogP contribution is -1.99. The van der Waals surface area contributed by atoms with Crippen LogP contribution in [0, 0.1) is 0 Å². The molecule has 2 aromatic carbocycles. The van der Waals surface area contributed by atoms with E-state index in [1.165, 1.54) is 43.3 Å². The van der Waals surface area contributed by atoms with Crippen LogP contribution < -0.4 is 4.74 Å². The molecule has 3 aromatic rings. The minimum absolute atomic E-state index is 0.211. The maximum atomic E-state index is 10.4. The zero-order valence-corrected chi connectivity index (χ0v) is 16.3. The normalized spacial score (nSPS) is 11.2. The number of aromatic nitrogens is 3. The molecule has 144 valence electrons. The lowest BCUT2D eigenvalue weighted by molar-refractivity contribution is 0.415. The van der Waals surface area contributed by atoms with Gasteiger partial charge in [-0.3, -0.25) is 0 Å². The van der Waals surface area contributed by atoms with Gasteiger partial charge in [0.2, 0.25) is 0 Å². The van der Waals surface area contributed by atoms with Crippen LogP contribution in [0.4, 0.5) is 0 Å². The lowest BCUT2D eigenvalue weighted by atomic mass is 10.0. The van der Waals surface area contributed by atoms with E-state index in [-0.39, 0.29) is 5.75 Å².